The number of benzene rings is 1. The van der Waals surface area contributed by atoms with E-state index in [1.54, 1.807) is 6.92 Å². The molecule has 2 aromatic rings. The molecule has 0 bridgehead atoms. The Morgan fingerprint density at radius 3 is 2.67 bits per heavy atom. The van der Waals surface area contributed by atoms with Gasteiger partial charge in [0.1, 0.15) is 5.76 Å². The first-order valence-electron chi connectivity index (χ1n) is 4.44. The highest BCUT2D eigenvalue weighted by molar-refractivity contribution is 5.93. The number of hydrogen-bond donors (Lipinski definition) is 1. The van der Waals surface area contributed by atoms with Crippen LogP contribution < -0.4 is 5.73 Å². The van der Waals surface area contributed by atoms with Gasteiger partial charge in [-0.15, -0.1) is 0 Å². The Hall–Kier alpha value is -2.04. The Morgan fingerprint density at radius 1 is 1.40 bits per heavy atom. The predicted octanol–water partition coefficient (Wildman–Crippen LogP) is 2.54. The van der Waals surface area contributed by atoms with Gasteiger partial charge in [0.2, 0.25) is 0 Å². The predicted molar refractivity (Wildman–Crippen MR) is 56.8 cm³/mol. The number of nitro groups is 1. The first-order valence-corrected chi connectivity index (χ1v) is 4.44. The number of nitrogens with two attached hydrogens (primary N) is 1. The standard InChI is InChI=1S/C10H10N2O3/c1-5-6(2)15-10-8(5)3-7(12(13)14)4-9(10)11/h3-4H,11H2,1-2H3. The van der Waals surface area contributed by atoms with E-state index in [4.69, 9.17) is 10.2 Å². The molecule has 1 heterocycles. The summed E-state index contributed by atoms with van der Waals surface area (Å²) in [6.45, 7) is 3.66. The molecule has 78 valence electrons. The summed E-state index contributed by atoms with van der Waals surface area (Å²) < 4.78 is 5.42. The van der Waals surface area contributed by atoms with Gasteiger partial charge in [-0.2, -0.15) is 0 Å². The van der Waals surface area contributed by atoms with Gasteiger partial charge >= 0.3 is 0 Å². The summed E-state index contributed by atoms with van der Waals surface area (Å²) in [6, 6.07) is 2.79. The Kier molecular flexibility index (Phi) is 1.89. The zero-order chi connectivity index (χ0) is 11.2. The van der Waals surface area contributed by atoms with Gasteiger partial charge in [0, 0.05) is 17.5 Å². The van der Waals surface area contributed by atoms with Gasteiger partial charge in [-0.05, 0) is 19.4 Å². The van der Waals surface area contributed by atoms with Gasteiger partial charge in [-0.1, -0.05) is 0 Å². The van der Waals surface area contributed by atoms with Crippen LogP contribution in [0.15, 0.2) is 16.5 Å². The largest absolute Gasteiger partial charge is 0.459 e. The molecule has 0 saturated heterocycles. The van der Waals surface area contributed by atoms with E-state index in [0.717, 1.165) is 11.3 Å². The number of anilines is 1. The van der Waals surface area contributed by atoms with E-state index in [-0.39, 0.29) is 5.69 Å². The average molecular weight is 206 g/mol. The van der Waals surface area contributed by atoms with E-state index in [0.29, 0.717) is 16.7 Å². The van der Waals surface area contributed by atoms with Crippen molar-refractivity contribution >= 4 is 22.3 Å². The first kappa shape index (κ1) is 9.51. The molecule has 0 aliphatic rings. The lowest BCUT2D eigenvalue weighted by Crippen LogP contribution is -1.91. The van der Waals surface area contributed by atoms with E-state index in [1.165, 1.54) is 12.1 Å². The summed E-state index contributed by atoms with van der Waals surface area (Å²) in [6.07, 6.45) is 0. The van der Waals surface area contributed by atoms with Crippen LogP contribution in [0.1, 0.15) is 11.3 Å². The Labute approximate surface area is 85.6 Å². The molecule has 1 aromatic carbocycles. The van der Waals surface area contributed by atoms with Crippen LogP contribution in [-0.4, -0.2) is 4.92 Å². The van der Waals surface area contributed by atoms with Crippen LogP contribution in [0.5, 0.6) is 0 Å². The maximum absolute atomic E-state index is 10.6. The number of fused-ring (bicyclic) bond motifs is 1. The smallest absolute Gasteiger partial charge is 0.272 e. The Bertz CT molecular complexity index is 557. The van der Waals surface area contributed by atoms with Crippen molar-refractivity contribution < 1.29 is 9.34 Å². The minimum atomic E-state index is -0.461. The summed E-state index contributed by atoms with van der Waals surface area (Å²) in [7, 11) is 0. The minimum absolute atomic E-state index is 0.0103. The van der Waals surface area contributed by atoms with Crippen molar-refractivity contribution in [3.05, 3.63) is 33.6 Å². The lowest BCUT2D eigenvalue weighted by molar-refractivity contribution is -0.384. The summed E-state index contributed by atoms with van der Waals surface area (Å²) in [5, 5.41) is 11.3. The third-order valence-corrected chi connectivity index (χ3v) is 2.50. The van der Waals surface area contributed by atoms with Crippen LogP contribution in [-0.2, 0) is 0 Å². The topological polar surface area (TPSA) is 82.3 Å². The third kappa shape index (κ3) is 1.32. The van der Waals surface area contributed by atoms with Crippen LogP contribution in [0, 0.1) is 24.0 Å². The lowest BCUT2D eigenvalue weighted by Gasteiger charge is -1.96. The van der Waals surface area contributed by atoms with Crippen molar-refractivity contribution in [3.8, 4) is 0 Å². The zero-order valence-corrected chi connectivity index (χ0v) is 8.40. The molecule has 0 radical (unpaired) electrons. The highest BCUT2D eigenvalue weighted by atomic mass is 16.6. The quantitative estimate of drug-likeness (QED) is 0.441. The second-order valence-electron chi connectivity index (χ2n) is 3.45. The van der Waals surface area contributed by atoms with E-state index in [1.807, 2.05) is 6.92 Å². The van der Waals surface area contributed by atoms with Gasteiger partial charge in [-0.3, -0.25) is 10.1 Å². The SMILES string of the molecule is Cc1oc2c(N)cc([N+](=O)[O-])cc2c1C. The molecule has 0 aliphatic heterocycles. The zero-order valence-electron chi connectivity index (χ0n) is 8.40. The fraction of sp³-hybridized carbons (Fsp3) is 0.200. The fourth-order valence-electron chi connectivity index (χ4n) is 1.55. The van der Waals surface area contributed by atoms with Crippen LogP contribution in [0.3, 0.4) is 0 Å². The van der Waals surface area contributed by atoms with Gasteiger partial charge in [-0.25, -0.2) is 0 Å². The maximum atomic E-state index is 10.6. The second-order valence-corrected chi connectivity index (χ2v) is 3.45. The third-order valence-electron chi connectivity index (χ3n) is 2.50. The summed E-state index contributed by atoms with van der Waals surface area (Å²) in [5.74, 6) is 0.734. The molecule has 0 unspecified atom stereocenters. The number of rotatable bonds is 1. The van der Waals surface area contributed by atoms with Gasteiger partial charge in [0.15, 0.2) is 5.58 Å². The lowest BCUT2D eigenvalue weighted by atomic mass is 10.1. The molecule has 5 heteroatoms. The maximum Gasteiger partial charge on any atom is 0.272 e. The van der Waals surface area contributed by atoms with Crippen LogP contribution in [0.4, 0.5) is 11.4 Å². The van der Waals surface area contributed by atoms with Crippen molar-refractivity contribution in [1.82, 2.24) is 0 Å². The van der Waals surface area contributed by atoms with Crippen molar-refractivity contribution in [1.29, 1.82) is 0 Å². The van der Waals surface area contributed by atoms with Crippen molar-refractivity contribution in [2.75, 3.05) is 5.73 Å². The van der Waals surface area contributed by atoms with Gasteiger partial charge in [0.25, 0.3) is 5.69 Å². The average Bonchev–Trinajstić information content (AvgIpc) is 2.45. The van der Waals surface area contributed by atoms with E-state index in [2.05, 4.69) is 0 Å². The minimum Gasteiger partial charge on any atom is -0.459 e. The summed E-state index contributed by atoms with van der Waals surface area (Å²) >= 11 is 0. The fourth-order valence-corrected chi connectivity index (χ4v) is 1.55. The van der Waals surface area contributed by atoms with Crippen molar-refractivity contribution in [3.63, 3.8) is 0 Å². The molecule has 0 aliphatic carbocycles. The Morgan fingerprint density at radius 2 is 2.07 bits per heavy atom. The van der Waals surface area contributed by atoms with Gasteiger partial charge < -0.3 is 10.2 Å². The molecule has 1 aromatic heterocycles. The molecule has 2 rings (SSSR count). The van der Waals surface area contributed by atoms with Crippen molar-refractivity contribution in [2.45, 2.75) is 13.8 Å². The highest BCUT2D eigenvalue weighted by Crippen LogP contribution is 2.32. The molecule has 0 atom stereocenters. The molecule has 0 fully saturated rings. The van der Waals surface area contributed by atoms with E-state index >= 15 is 0 Å². The molecular weight excluding hydrogens is 196 g/mol. The number of nitro benzene ring substituents is 1. The number of aryl methyl sites for hydroxylation is 2. The molecular formula is C10H10N2O3. The molecule has 0 saturated carbocycles. The molecule has 5 nitrogen and oxygen atoms in total. The molecule has 2 N–H and O–H groups in total. The molecule has 0 spiro atoms. The Balaban J connectivity index is 2.85. The molecule has 0 amide bonds. The second kappa shape index (κ2) is 2.98. The summed E-state index contributed by atoms with van der Waals surface area (Å²) in [5.41, 5.74) is 7.38. The molecule has 15 heavy (non-hydrogen) atoms. The number of non-ortho nitro benzene ring substituents is 1. The van der Waals surface area contributed by atoms with Crippen LogP contribution >= 0.6 is 0 Å². The number of nitrogen functional groups attached to an aromatic ring is 1. The normalized spacial score (nSPS) is 10.8. The number of nitrogens with zero attached hydrogens (tertiary/aromatic N) is 1. The van der Waals surface area contributed by atoms with Crippen LogP contribution in [0.25, 0.3) is 11.0 Å². The van der Waals surface area contributed by atoms with Crippen LogP contribution in [0.2, 0.25) is 0 Å². The number of hydrogen-bond acceptors (Lipinski definition) is 4. The summed E-state index contributed by atoms with van der Waals surface area (Å²) in [4.78, 5) is 10.2. The van der Waals surface area contributed by atoms with E-state index in [9.17, 15) is 10.1 Å². The van der Waals surface area contributed by atoms with Gasteiger partial charge in [0.05, 0.1) is 10.6 Å². The van der Waals surface area contributed by atoms with Crippen molar-refractivity contribution in [2.24, 2.45) is 0 Å². The number of furan rings is 1. The highest BCUT2D eigenvalue weighted by Gasteiger charge is 2.15. The monoisotopic (exact) mass is 206 g/mol. The first-order chi connectivity index (χ1) is 7.00. The van der Waals surface area contributed by atoms with E-state index < -0.39 is 4.92 Å².